The summed E-state index contributed by atoms with van der Waals surface area (Å²) in [6.45, 7) is 6.16. The maximum absolute atomic E-state index is 13.4. The zero-order valence-corrected chi connectivity index (χ0v) is 20.2. The minimum atomic E-state index is -3.66. The summed E-state index contributed by atoms with van der Waals surface area (Å²) in [6, 6.07) is 9.90. The second-order valence-corrected chi connectivity index (χ2v) is 9.68. The molecular weight excluding hydrogens is 465 g/mol. The van der Waals surface area contributed by atoms with Crippen molar-refractivity contribution >= 4 is 41.6 Å². The van der Waals surface area contributed by atoms with Crippen LogP contribution in [0.25, 0.3) is 11.3 Å². The first-order valence-corrected chi connectivity index (χ1v) is 13.1. The Morgan fingerprint density at radius 1 is 1.18 bits per heavy atom. The molecule has 176 valence electrons. The van der Waals surface area contributed by atoms with E-state index in [0.717, 1.165) is 11.3 Å². The number of morpholine rings is 1. The molecule has 0 saturated carbocycles. The molecule has 0 bridgehead atoms. The molecule has 0 amide bonds. The predicted octanol–water partition coefficient (Wildman–Crippen LogP) is 3.97. The number of nitrogens with one attached hydrogen (secondary N) is 1. The molecule has 1 saturated heterocycles. The van der Waals surface area contributed by atoms with E-state index in [2.05, 4.69) is 20.5 Å². The zero-order chi connectivity index (χ0) is 23.1. The van der Waals surface area contributed by atoms with Crippen LogP contribution in [0.1, 0.15) is 19.7 Å². The summed E-state index contributed by atoms with van der Waals surface area (Å²) < 4.78 is 35.8. The van der Waals surface area contributed by atoms with Gasteiger partial charge in [0.1, 0.15) is 6.21 Å². The number of benzene rings is 1. The number of hydrogen-bond acceptors (Lipinski definition) is 11. The summed E-state index contributed by atoms with van der Waals surface area (Å²) in [6.07, 6.45) is 1.42. The molecule has 10 nitrogen and oxygen atoms in total. The molecule has 33 heavy (non-hydrogen) atoms. The van der Waals surface area contributed by atoms with Gasteiger partial charge in [0.2, 0.25) is 22.3 Å². The molecule has 0 radical (unpaired) electrons. The summed E-state index contributed by atoms with van der Waals surface area (Å²) in [5, 5.41) is 6.77. The van der Waals surface area contributed by atoms with Gasteiger partial charge in [0.05, 0.1) is 32.1 Å². The number of nitrogens with zero attached hydrogens (tertiary/aromatic N) is 4. The highest BCUT2D eigenvalue weighted by molar-refractivity contribution is 7.62. The first-order chi connectivity index (χ1) is 16.1. The molecule has 3 aromatic rings. The molecule has 1 N–H and O–H groups in total. The molecule has 1 aromatic carbocycles. The normalized spacial score (nSPS) is 14.8. The van der Waals surface area contributed by atoms with Crippen molar-refractivity contribution < 1.29 is 22.8 Å². The predicted molar refractivity (Wildman–Crippen MR) is 129 cm³/mol. The zero-order valence-electron chi connectivity index (χ0n) is 18.5. The van der Waals surface area contributed by atoms with Crippen molar-refractivity contribution in [3.8, 4) is 11.3 Å². The van der Waals surface area contributed by atoms with E-state index in [1.807, 2.05) is 40.6 Å². The van der Waals surface area contributed by atoms with Crippen molar-refractivity contribution in [2.75, 3.05) is 49.8 Å². The van der Waals surface area contributed by atoms with Gasteiger partial charge < -0.3 is 23.1 Å². The molecule has 4 rings (SSSR count). The average Bonchev–Trinajstić information content (AvgIpc) is 3.49. The van der Waals surface area contributed by atoms with E-state index in [9.17, 15) is 4.57 Å². The lowest BCUT2D eigenvalue weighted by Gasteiger charge is -2.27. The van der Waals surface area contributed by atoms with Crippen molar-refractivity contribution in [1.82, 2.24) is 9.97 Å². The molecule has 1 aliphatic rings. The summed E-state index contributed by atoms with van der Waals surface area (Å²) in [5.74, 6) is 0.532. The number of hydrogen-bond donors (Lipinski definition) is 1. The molecule has 12 heteroatoms. The highest BCUT2D eigenvalue weighted by Gasteiger charge is 2.37. The Kier molecular flexibility index (Phi) is 7.89. The summed E-state index contributed by atoms with van der Waals surface area (Å²) in [7, 11) is -3.66. The van der Waals surface area contributed by atoms with Crippen LogP contribution in [0.4, 0.5) is 11.0 Å². The Balaban J connectivity index is 1.55. The lowest BCUT2D eigenvalue weighted by atomic mass is 10.2. The molecule has 1 aliphatic heterocycles. The fraction of sp³-hybridized carbons (Fsp3) is 0.381. The van der Waals surface area contributed by atoms with Gasteiger partial charge in [-0.25, -0.2) is 4.98 Å². The topological polar surface area (TPSA) is 111 Å². The molecule has 0 aliphatic carbocycles. The van der Waals surface area contributed by atoms with E-state index in [1.165, 1.54) is 17.6 Å². The fourth-order valence-corrected chi connectivity index (χ4v) is 5.54. The number of aromatic nitrogens is 2. The van der Waals surface area contributed by atoms with E-state index in [0.29, 0.717) is 37.3 Å². The number of ether oxygens (including phenoxy) is 1. The number of thiazole rings is 1. The van der Waals surface area contributed by atoms with Gasteiger partial charge in [-0.05, 0) is 13.8 Å². The van der Waals surface area contributed by atoms with E-state index in [4.69, 9.17) is 18.2 Å². The first kappa shape index (κ1) is 23.6. The number of anilines is 2. The SMILES string of the molecule is CCOP(=O)(OCC)c1nc(/C=N/Nc2nc(-c3ccccc3)cs2)oc1N1CCOCC1. The maximum Gasteiger partial charge on any atom is 0.385 e. The smallest absolute Gasteiger partial charge is 0.385 e. The van der Waals surface area contributed by atoms with Crippen LogP contribution in [-0.4, -0.2) is 55.7 Å². The lowest BCUT2D eigenvalue weighted by Crippen LogP contribution is -2.38. The molecule has 0 spiro atoms. The monoisotopic (exact) mass is 491 g/mol. The van der Waals surface area contributed by atoms with Crippen LogP contribution >= 0.6 is 18.9 Å². The third-order valence-electron chi connectivity index (χ3n) is 4.67. The van der Waals surface area contributed by atoms with Crippen LogP contribution in [0.2, 0.25) is 0 Å². The molecular formula is C21H26N5O5PS. The van der Waals surface area contributed by atoms with E-state index in [-0.39, 0.29) is 24.5 Å². The second kappa shape index (κ2) is 11.0. The van der Waals surface area contributed by atoms with Crippen molar-refractivity contribution in [3.05, 3.63) is 41.6 Å². The molecule has 2 aromatic heterocycles. The van der Waals surface area contributed by atoms with E-state index >= 15 is 0 Å². The summed E-state index contributed by atoms with van der Waals surface area (Å²) in [5.41, 5.74) is 4.93. The van der Waals surface area contributed by atoms with Crippen molar-refractivity contribution in [3.63, 3.8) is 0 Å². The Hall–Kier alpha value is -2.56. The van der Waals surface area contributed by atoms with Crippen LogP contribution in [0.15, 0.2) is 45.2 Å². The average molecular weight is 492 g/mol. The first-order valence-electron chi connectivity index (χ1n) is 10.7. The van der Waals surface area contributed by atoms with Crippen LogP contribution < -0.4 is 15.8 Å². The Bertz CT molecular complexity index is 1100. The van der Waals surface area contributed by atoms with Gasteiger partial charge in [-0.3, -0.25) is 9.99 Å². The van der Waals surface area contributed by atoms with Crippen molar-refractivity contribution in [1.29, 1.82) is 0 Å². The Labute approximate surface area is 196 Å². The molecule has 1 fully saturated rings. The fourth-order valence-electron chi connectivity index (χ4n) is 3.23. The van der Waals surface area contributed by atoms with Gasteiger partial charge in [0.15, 0.2) is 0 Å². The van der Waals surface area contributed by atoms with Crippen LogP contribution in [0, 0.1) is 0 Å². The quantitative estimate of drug-likeness (QED) is 0.256. The van der Waals surface area contributed by atoms with Gasteiger partial charge >= 0.3 is 7.60 Å². The van der Waals surface area contributed by atoms with Gasteiger partial charge in [-0.2, -0.15) is 10.1 Å². The van der Waals surface area contributed by atoms with Gasteiger partial charge in [0, 0.05) is 24.0 Å². The molecule has 3 heterocycles. The summed E-state index contributed by atoms with van der Waals surface area (Å²) >= 11 is 1.43. The Morgan fingerprint density at radius 2 is 1.91 bits per heavy atom. The highest BCUT2D eigenvalue weighted by atomic mass is 32.1. The third-order valence-corrected chi connectivity index (χ3v) is 7.43. The second-order valence-electron chi connectivity index (χ2n) is 6.89. The van der Waals surface area contributed by atoms with Crippen molar-refractivity contribution in [2.24, 2.45) is 5.10 Å². The third kappa shape index (κ3) is 5.69. The van der Waals surface area contributed by atoms with Gasteiger partial charge in [-0.15, -0.1) is 11.3 Å². The molecule has 0 atom stereocenters. The minimum Gasteiger partial charge on any atom is -0.418 e. The largest absolute Gasteiger partial charge is 0.418 e. The molecule has 0 unspecified atom stereocenters. The van der Waals surface area contributed by atoms with Crippen LogP contribution in [0.3, 0.4) is 0 Å². The van der Waals surface area contributed by atoms with Crippen LogP contribution in [-0.2, 0) is 18.3 Å². The van der Waals surface area contributed by atoms with Gasteiger partial charge in [0.25, 0.3) is 0 Å². The van der Waals surface area contributed by atoms with E-state index in [1.54, 1.807) is 13.8 Å². The Morgan fingerprint density at radius 3 is 2.61 bits per heavy atom. The number of hydrazone groups is 1. The lowest BCUT2D eigenvalue weighted by molar-refractivity contribution is 0.120. The van der Waals surface area contributed by atoms with E-state index < -0.39 is 7.60 Å². The minimum absolute atomic E-state index is 0.148. The van der Waals surface area contributed by atoms with Gasteiger partial charge in [-0.1, -0.05) is 30.3 Å². The highest BCUT2D eigenvalue weighted by Crippen LogP contribution is 2.49. The van der Waals surface area contributed by atoms with Crippen LogP contribution in [0.5, 0.6) is 0 Å². The summed E-state index contributed by atoms with van der Waals surface area (Å²) in [4.78, 5) is 10.9. The standard InChI is InChI=1S/C21H26N5O5PS/c1-3-29-32(27,30-4-2)19-20(26-10-12-28-13-11-26)31-18(24-19)14-22-25-21-23-17(15-33-21)16-8-6-5-7-9-16/h5-9,14-15H,3-4,10-13H2,1-2H3,(H,23,25)/b22-14+. The number of oxazole rings is 1. The number of rotatable bonds is 10. The maximum atomic E-state index is 13.4. The van der Waals surface area contributed by atoms with Crippen molar-refractivity contribution in [2.45, 2.75) is 13.8 Å².